The van der Waals surface area contributed by atoms with Gasteiger partial charge in [-0.2, -0.15) is 5.10 Å². The summed E-state index contributed by atoms with van der Waals surface area (Å²) in [5, 5.41) is 7.27. The number of aromatic nitrogens is 3. The third-order valence-corrected chi connectivity index (χ3v) is 4.22. The molecule has 3 aromatic rings. The fraction of sp³-hybridized carbons (Fsp3) is 0.250. The van der Waals surface area contributed by atoms with E-state index in [4.69, 9.17) is 0 Å². The highest BCUT2D eigenvalue weighted by molar-refractivity contribution is 5.80. The van der Waals surface area contributed by atoms with Crippen molar-refractivity contribution in [3.8, 4) is 0 Å². The highest BCUT2D eigenvalue weighted by atomic mass is 16.2. The van der Waals surface area contributed by atoms with Gasteiger partial charge >= 0.3 is 0 Å². The van der Waals surface area contributed by atoms with Crippen LogP contribution in [-0.2, 0) is 11.2 Å². The molecule has 0 saturated heterocycles. The van der Waals surface area contributed by atoms with Gasteiger partial charge in [0.1, 0.15) is 6.04 Å². The minimum absolute atomic E-state index is 0.0773. The van der Waals surface area contributed by atoms with Crippen molar-refractivity contribution in [1.29, 1.82) is 0 Å². The lowest BCUT2D eigenvalue weighted by Gasteiger charge is -2.21. The topological polar surface area (TPSA) is 59.8 Å². The minimum Gasteiger partial charge on any atom is -0.346 e. The molecule has 2 heterocycles. The molecule has 128 valence electrons. The Morgan fingerprint density at radius 2 is 1.92 bits per heavy atom. The van der Waals surface area contributed by atoms with Crippen LogP contribution in [-0.4, -0.2) is 20.7 Å². The van der Waals surface area contributed by atoms with Gasteiger partial charge in [-0.15, -0.1) is 0 Å². The summed E-state index contributed by atoms with van der Waals surface area (Å²) in [7, 11) is 0. The van der Waals surface area contributed by atoms with Gasteiger partial charge in [0.15, 0.2) is 0 Å². The molecule has 3 rings (SSSR count). The zero-order chi connectivity index (χ0) is 17.6. The lowest BCUT2D eigenvalue weighted by Crippen LogP contribution is -2.35. The van der Waals surface area contributed by atoms with Crippen LogP contribution in [0.15, 0.2) is 67.1 Å². The standard InChI is InChI=1S/C20H22N4O/c1-15-7-9-17(10-8-15)14-19(18-6-3-4-11-21-18)23-20(25)16(2)24-13-5-12-22-24/h3-13,16,19H,14H2,1-2H3,(H,23,25)/t16-,19+/m1/s1. The Kier molecular flexibility index (Phi) is 5.23. The molecule has 1 amide bonds. The van der Waals surface area contributed by atoms with Gasteiger partial charge in [0.25, 0.3) is 0 Å². The Bertz CT molecular complexity index is 797. The molecule has 2 atom stereocenters. The third kappa shape index (κ3) is 4.32. The molecule has 25 heavy (non-hydrogen) atoms. The zero-order valence-electron chi connectivity index (χ0n) is 14.5. The van der Waals surface area contributed by atoms with Crippen molar-refractivity contribution in [2.45, 2.75) is 32.4 Å². The molecule has 0 unspecified atom stereocenters. The van der Waals surface area contributed by atoms with E-state index in [0.717, 1.165) is 11.3 Å². The molecule has 0 aliphatic carbocycles. The van der Waals surface area contributed by atoms with E-state index in [9.17, 15) is 4.79 Å². The fourth-order valence-electron chi connectivity index (χ4n) is 2.69. The minimum atomic E-state index is -0.376. The predicted molar refractivity (Wildman–Crippen MR) is 96.9 cm³/mol. The summed E-state index contributed by atoms with van der Waals surface area (Å²) < 4.78 is 1.65. The number of rotatable bonds is 6. The summed E-state index contributed by atoms with van der Waals surface area (Å²) in [4.78, 5) is 17.1. The predicted octanol–water partition coefficient (Wildman–Crippen LogP) is 3.25. The Morgan fingerprint density at radius 3 is 2.56 bits per heavy atom. The first kappa shape index (κ1) is 16.9. The molecule has 0 spiro atoms. The number of carbonyl (C=O) groups is 1. The molecule has 2 aromatic heterocycles. The highest BCUT2D eigenvalue weighted by Gasteiger charge is 2.21. The monoisotopic (exact) mass is 334 g/mol. The van der Waals surface area contributed by atoms with Gasteiger partial charge < -0.3 is 5.32 Å². The van der Waals surface area contributed by atoms with Gasteiger partial charge in [-0.1, -0.05) is 35.9 Å². The summed E-state index contributed by atoms with van der Waals surface area (Å²) in [5.41, 5.74) is 3.23. The lowest BCUT2D eigenvalue weighted by atomic mass is 10.0. The normalized spacial score (nSPS) is 13.2. The number of hydrogen-bond donors (Lipinski definition) is 1. The molecule has 0 bridgehead atoms. The maximum absolute atomic E-state index is 12.7. The molecular weight excluding hydrogens is 312 g/mol. The molecule has 0 saturated carbocycles. The van der Waals surface area contributed by atoms with E-state index in [-0.39, 0.29) is 18.0 Å². The maximum atomic E-state index is 12.7. The van der Waals surface area contributed by atoms with Crippen LogP contribution in [0.25, 0.3) is 0 Å². The molecule has 5 nitrogen and oxygen atoms in total. The van der Waals surface area contributed by atoms with Gasteiger partial charge in [-0.05, 0) is 44.0 Å². The van der Waals surface area contributed by atoms with E-state index in [2.05, 4.69) is 46.6 Å². The van der Waals surface area contributed by atoms with E-state index in [0.29, 0.717) is 6.42 Å². The van der Waals surface area contributed by atoms with Crippen LogP contribution < -0.4 is 5.32 Å². The zero-order valence-corrected chi connectivity index (χ0v) is 14.5. The molecule has 5 heteroatoms. The van der Waals surface area contributed by atoms with Gasteiger partial charge in [-0.3, -0.25) is 14.5 Å². The van der Waals surface area contributed by atoms with Crippen LogP contribution in [0.3, 0.4) is 0 Å². The molecule has 0 radical (unpaired) electrons. The van der Waals surface area contributed by atoms with Crippen LogP contribution in [0.2, 0.25) is 0 Å². The van der Waals surface area contributed by atoms with Crippen molar-refractivity contribution < 1.29 is 4.79 Å². The van der Waals surface area contributed by atoms with Crippen LogP contribution in [0.4, 0.5) is 0 Å². The number of hydrogen-bond acceptors (Lipinski definition) is 3. The lowest BCUT2D eigenvalue weighted by molar-refractivity contribution is -0.124. The molecule has 1 aromatic carbocycles. The van der Waals surface area contributed by atoms with E-state index < -0.39 is 0 Å². The molecule has 0 fully saturated rings. The van der Waals surface area contributed by atoms with Gasteiger partial charge in [0.05, 0.1) is 11.7 Å². The Morgan fingerprint density at radius 1 is 1.12 bits per heavy atom. The van der Waals surface area contributed by atoms with Gasteiger partial charge in [-0.25, -0.2) is 0 Å². The van der Waals surface area contributed by atoms with E-state index >= 15 is 0 Å². The van der Waals surface area contributed by atoms with Crippen molar-refractivity contribution in [1.82, 2.24) is 20.1 Å². The van der Waals surface area contributed by atoms with Gasteiger partial charge in [0.2, 0.25) is 5.91 Å². The maximum Gasteiger partial charge on any atom is 0.245 e. The first-order valence-electron chi connectivity index (χ1n) is 8.39. The summed E-state index contributed by atoms with van der Waals surface area (Å²) >= 11 is 0. The van der Waals surface area contributed by atoms with Crippen LogP contribution in [0, 0.1) is 6.92 Å². The molecule has 0 aliphatic heterocycles. The summed E-state index contributed by atoms with van der Waals surface area (Å²) in [6.45, 7) is 3.90. The average molecular weight is 334 g/mol. The van der Waals surface area contributed by atoms with Crippen molar-refractivity contribution in [2.75, 3.05) is 0 Å². The van der Waals surface area contributed by atoms with E-state index in [1.165, 1.54) is 5.56 Å². The number of amides is 1. The fourth-order valence-corrected chi connectivity index (χ4v) is 2.69. The van der Waals surface area contributed by atoms with Crippen LogP contribution in [0.5, 0.6) is 0 Å². The molecular formula is C20H22N4O. The largest absolute Gasteiger partial charge is 0.346 e. The summed E-state index contributed by atoms with van der Waals surface area (Å²) in [6, 6.07) is 15.4. The number of nitrogens with zero attached hydrogens (tertiary/aromatic N) is 3. The number of aryl methyl sites for hydroxylation is 1. The number of carbonyl (C=O) groups excluding carboxylic acids is 1. The molecule has 1 N–H and O–H groups in total. The first-order valence-corrected chi connectivity index (χ1v) is 8.39. The quantitative estimate of drug-likeness (QED) is 0.753. The first-order chi connectivity index (χ1) is 12.1. The van der Waals surface area contributed by atoms with Crippen molar-refractivity contribution in [3.63, 3.8) is 0 Å². The second kappa shape index (κ2) is 7.75. The third-order valence-electron chi connectivity index (χ3n) is 4.22. The van der Waals surface area contributed by atoms with Gasteiger partial charge in [0, 0.05) is 18.6 Å². The van der Waals surface area contributed by atoms with Crippen molar-refractivity contribution in [3.05, 3.63) is 83.9 Å². The van der Waals surface area contributed by atoms with Crippen molar-refractivity contribution >= 4 is 5.91 Å². The molecule has 0 aliphatic rings. The Labute approximate surface area is 147 Å². The Balaban J connectivity index is 1.79. The van der Waals surface area contributed by atoms with Crippen molar-refractivity contribution in [2.24, 2.45) is 0 Å². The Hall–Kier alpha value is -2.95. The second-order valence-electron chi connectivity index (χ2n) is 6.17. The highest BCUT2D eigenvalue weighted by Crippen LogP contribution is 2.18. The number of pyridine rings is 1. The van der Waals surface area contributed by atoms with E-state index in [1.807, 2.05) is 31.2 Å². The van der Waals surface area contributed by atoms with Crippen LogP contribution in [0.1, 0.15) is 35.8 Å². The average Bonchev–Trinajstić information content (AvgIpc) is 3.17. The number of benzene rings is 1. The smallest absolute Gasteiger partial charge is 0.245 e. The number of nitrogens with one attached hydrogen (secondary N) is 1. The SMILES string of the molecule is Cc1ccc(C[C@H](NC(=O)[C@@H](C)n2cccn2)c2ccccn2)cc1. The van der Waals surface area contributed by atoms with Crippen LogP contribution >= 0.6 is 0 Å². The summed E-state index contributed by atoms with van der Waals surface area (Å²) in [5.74, 6) is -0.0773. The second-order valence-corrected chi connectivity index (χ2v) is 6.17. The van der Waals surface area contributed by atoms with E-state index in [1.54, 1.807) is 23.3 Å². The summed E-state index contributed by atoms with van der Waals surface area (Å²) in [6.07, 6.45) is 5.90.